The molecule has 2 aromatic carbocycles. The highest BCUT2D eigenvalue weighted by Gasteiger charge is 2.16. The van der Waals surface area contributed by atoms with Crippen LogP contribution in [0.3, 0.4) is 0 Å². The van der Waals surface area contributed by atoms with Crippen molar-refractivity contribution >= 4 is 21.2 Å². The van der Waals surface area contributed by atoms with Gasteiger partial charge >= 0.3 is 0 Å². The molecule has 7 nitrogen and oxygen atoms in total. The summed E-state index contributed by atoms with van der Waals surface area (Å²) in [5.74, 6) is 1.36. The van der Waals surface area contributed by atoms with E-state index in [1.807, 2.05) is 47.9 Å². The molecule has 0 radical (unpaired) electrons. The minimum atomic E-state index is -3.63. The summed E-state index contributed by atoms with van der Waals surface area (Å²) in [7, 11) is -2.10. The fraction of sp³-hybridized carbons (Fsp3) is 0.182. The zero-order valence-corrected chi connectivity index (χ0v) is 17.6. The Kier molecular flexibility index (Phi) is 5.52. The van der Waals surface area contributed by atoms with Crippen molar-refractivity contribution in [2.75, 3.05) is 13.7 Å². The molecule has 0 bridgehead atoms. The fourth-order valence-corrected chi connectivity index (χ4v) is 4.24. The Morgan fingerprint density at radius 3 is 2.47 bits per heavy atom. The summed E-state index contributed by atoms with van der Waals surface area (Å²) in [6.07, 6.45) is 1.71. The van der Waals surface area contributed by atoms with E-state index in [1.165, 1.54) is 19.2 Å². The van der Waals surface area contributed by atoms with Gasteiger partial charge in [0.05, 0.1) is 12.0 Å². The summed E-state index contributed by atoms with van der Waals surface area (Å²) in [4.78, 5) is 9.35. The Morgan fingerprint density at radius 2 is 1.77 bits per heavy atom. The second-order valence-corrected chi connectivity index (χ2v) is 8.64. The van der Waals surface area contributed by atoms with Crippen molar-refractivity contribution in [1.29, 1.82) is 0 Å². The maximum absolute atomic E-state index is 12.6. The molecule has 0 unspecified atom stereocenters. The van der Waals surface area contributed by atoms with Gasteiger partial charge < -0.3 is 9.30 Å². The highest BCUT2D eigenvalue weighted by Crippen LogP contribution is 2.24. The molecule has 2 heterocycles. The van der Waals surface area contributed by atoms with Crippen molar-refractivity contribution < 1.29 is 13.2 Å². The fourth-order valence-electron chi connectivity index (χ4n) is 3.22. The van der Waals surface area contributed by atoms with E-state index in [2.05, 4.69) is 9.71 Å². The third kappa shape index (κ3) is 4.05. The largest absolute Gasteiger partial charge is 0.497 e. The number of hydrogen-bond acceptors (Lipinski definition) is 5. The number of benzene rings is 2. The lowest BCUT2D eigenvalue weighted by molar-refractivity contribution is 0.414. The van der Waals surface area contributed by atoms with Crippen LogP contribution in [0.4, 0.5) is 0 Å². The van der Waals surface area contributed by atoms with E-state index < -0.39 is 10.0 Å². The van der Waals surface area contributed by atoms with E-state index in [1.54, 1.807) is 18.3 Å². The van der Waals surface area contributed by atoms with Crippen LogP contribution in [0.2, 0.25) is 0 Å². The van der Waals surface area contributed by atoms with Gasteiger partial charge in [-0.2, -0.15) is 0 Å². The van der Waals surface area contributed by atoms with Gasteiger partial charge in [-0.25, -0.2) is 23.1 Å². The Balaban J connectivity index is 1.59. The zero-order valence-electron chi connectivity index (χ0n) is 16.7. The summed E-state index contributed by atoms with van der Waals surface area (Å²) >= 11 is 0. The standard InChI is InChI=1S/C22H22N4O3S/c1-16-5-7-17(8-6-16)21-25-20-4-3-13-23-22(20)26(21)15-14-24-30(27,28)19-11-9-18(29-2)10-12-19/h3-13,24H,14-15H2,1-2H3. The number of imidazole rings is 1. The van der Waals surface area contributed by atoms with Crippen LogP contribution in [-0.4, -0.2) is 36.6 Å². The number of nitrogens with zero attached hydrogens (tertiary/aromatic N) is 3. The minimum Gasteiger partial charge on any atom is -0.497 e. The number of fused-ring (bicyclic) bond motifs is 1. The van der Waals surface area contributed by atoms with Crippen LogP contribution in [0, 0.1) is 6.92 Å². The summed E-state index contributed by atoms with van der Waals surface area (Å²) in [6.45, 7) is 2.63. The summed E-state index contributed by atoms with van der Waals surface area (Å²) in [5, 5.41) is 0. The Morgan fingerprint density at radius 1 is 1.03 bits per heavy atom. The van der Waals surface area contributed by atoms with Crippen LogP contribution in [0.5, 0.6) is 5.75 Å². The number of ether oxygens (including phenoxy) is 1. The van der Waals surface area contributed by atoms with Crippen LogP contribution < -0.4 is 9.46 Å². The maximum atomic E-state index is 12.6. The third-order valence-electron chi connectivity index (χ3n) is 4.81. The number of aryl methyl sites for hydroxylation is 1. The highest BCUT2D eigenvalue weighted by atomic mass is 32.2. The molecule has 154 valence electrons. The average Bonchev–Trinajstić information content (AvgIpc) is 3.13. The minimum absolute atomic E-state index is 0.190. The van der Waals surface area contributed by atoms with Gasteiger partial charge in [0, 0.05) is 24.8 Å². The lowest BCUT2D eigenvalue weighted by atomic mass is 10.1. The van der Waals surface area contributed by atoms with E-state index in [0.29, 0.717) is 12.3 Å². The molecular weight excluding hydrogens is 400 g/mol. The number of nitrogens with one attached hydrogen (secondary N) is 1. The van der Waals surface area contributed by atoms with E-state index >= 15 is 0 Å². The molecule has 4 rings (SSSR count). The second kappa shape index (κ2) is 8.25. The van der Waals surface area contributed by atoms with Gasteiger partial charge in [0.2, 0.25) is 10.0 Å². The van der Waals surface area contributed by atoms with Crippen LogP contribution >= 0.6 is 0 Å². The SMILES string of the molecule is COc1ccc(S(=O)(=O)NCCn2c(-c3ccc(C)cc3)nc3cccnc32)cc1. The first-order chi connectivity index (χ1) is 14.5. The van der Waals surface area contributed by atoms with E-state index in [-0.39, 0.29) is 11.4 Å². The number of aromatic nitrogens is 3. The van der Waals surface area contributed by atoms with E-state index in [0.717, 1.165) is 28.1 Å². The molecule has 0 atom stereocenters. The lowest BCUT2D eigenvalue weighted by Gasteiger charge is -2.11. The number of sulfonamides is 1. The molecule has 0 aliphatic heterocycles. The molecule has 0 fully saturated rings. The molecule has 0 saturated carbocycles. The molecule has 0 spiro atoms. The van der Waals surface area contributed by atoms with Gasteiger partial charge in [-0.15, -0.1) is 0 Å². The summed E-state index contributed by atoms with van der Waals surface area (Å²) < 4.78 is 34.9. The third-order valence-corrected chi connectivity index (χ3v) is 6.29. The molecular formula is C22H22N4O3S. The predicted molar refractivity (Wildman–Crippen MR) is 116 cm³/mol. The quantitative estimate of drug-likeness (QED) is 0.493. The molecule has 2 aromatic heterocycles. The predicted octanol–water partition coefficient (Wildman–Crippen LogP) is 3.39. The molecule has 8 heteroatoms. The van der Waals surface area contributed by atoms with Crippen LogP contribution in [0.1, 0.15) is 5.56 Å². The van der Waals surface area contributed by atoms with Crippen LogP contribution in [0.25, 0.3) is 22.6 Å². The van der Waals surface area contributed by atoms with Gasteiger partial charge in [-0.3, -0.25) is 0 Å². The number of rotatable bonds is 7. The second-order valence-electron chi connectivity index (χ2n) is 6.87. The molecule has 30 heavy (non-hydrogen) atoms. The molecule has 4 aromatic rings. The lowest BCUT2D eigenvalue weighted by Crippen LogP contribution is -2.27. The molecule has 0 saturated heterocycles. The van der Waals surface area contributed by atoms with Crippen LogP contribution in [0.15, 0.2) is 71.8 Å². The normalized spacial score (nSPS) is 11.7. The average molecular weight is 423 g/mol. The van der Waals surface area contributed by atoms with Gasteiger partial charge in [0.15, 0.2) is 5.65 Å². The number of hydrogen-bond donors (Lipinski definition) is 1. The first-order valence-corrected chi connectivity index (χ1v) is 11.0. The van der Waals surface area contributed by atoms with E-state index in [9.17, 15) is 8.42 Å². The highest BCUT2D eigenvalue weighted by molar-refractivity contribution is 7.89. The van der Waals surface area contributed by atoms with Gasteiger partial charge in [0.1, 0.15) is 17.1 Å². The Bertz CT molecular complexity index is 1260. The topological polar surface area (TPSA) is 86.1 Å². The van der Waals surface area contributed by atoms with Crippen molar-refractivity contribution in [2.45, 2.75) is 18.4 Å². The maximum Gasteiger partial charge on any atom is 0.240 e. The molecule has 0 aliphatic rings. The number of pyridine rings is 1. The summed E-state index contributed by atoms with van der Waals surface area (Å²) in [5.41, 5.74) is 3.60. The van der Waals surface area contributed by atoms with E-state index in [4.69, 9.17) is 9.72 Å². The Hall–Kier alpha value is -3.23. The van der Waals surface area contributed by atoms with Crippen LogP contribution in [-0.2, 0) is 16.6 Å². The van der Waals surface area contributed by atoms with Gasteiger partial charge in [0.25, 0.3) is 0 Å². The monoisotopic (exact) mass is 422 g/mol. The van der Waals surface area contributed by atoms with Crippen molar-refractivity contribution in [3.05, 3.63) is 72.4 Å². The van der Waals surface area contributed by atoms with Gasteiger partial charge in [-0.1, -0.05) is 29.8 Å². The first kappa shape index (κ1) is 20.1. The smallest absolute Gasteiger partial charge is 0.240 e. The Labute approximate surface area is 175 Å². The number of methoxy groups -OCH3 is 1. The molecule has 0 amide bonds. The zero-order chi connectivity index (χ0) is 21.1. The molecule has 1 N–H and O–H groups in total. The first-order valence-electron chi connectivity index (χ1n) is 9.50. The summed E-state index contributed by atoms with van der Waals surface area (Å²) in [6, 6.07) is 18.1. The van der Waals surface area contributed by atoms with Gasteiger partial charge in [-0.05, 0) is 43.3 Å². The van der Waals surface area contributed by atoms with Crippen molar-refractivity contribution in [3.8, 4) is 17.1 Å². The van der Waals surface area contributed by atoms with Crippen molar-refractivity contribution in [3.63, 3.8) is 0 Å². The van der Waals surface area contributed by atoms with Crippen molar-refractivity contribution in [1.82, 2.24) is 19.3 Å². The van der Waals surface area contributed by atoms with Crippen molar-refractivity contribution in [2.24, 2.45) is 0 Å². The molecule has 0 aliphatic carbocycles.